The van der Waals surface area contributed by atoms with Gasteiger partial charge in [0.05, 0.1) is 19.4 Å². The predicted octanol–water partition coefficient (Wildman–Crippen LogP) is 2.35. The molecule has 1 heterocycles. The van der Waals surface area contributed by atoms with E-state index < -0.39 is 6.04 Å². The van der Waals surface area contributed by atoms with Crippen LogP contribution in [0, 0.1) is 5.82 Å². The van der Waals surface area contributed by atoms with Gasteiger partial charge in [-0.3, -0.25) is 9.69 Å². The Balaban J connectivity index is 1.71. The maximum absolute atomic E-state index is 12.9. The number of hydrazone groups is 1. The summed E-state index contributed by atoms with van der Waals surface area (Å²) in [5.41, 5.74) is 4.22. The fourth-order valence-electron chi connectivity index (χ4n) is 2.78. The third kappa shape index (κ3) is 4.71. The van der Waals surface area contributed by atoms with E-state index in [1.54, 1.807) is 12.1 Å². The van der Waals surface area contributed by atoms with Crippen LogP contribution in [0.2, 0.25) is 0 Å². The molecule has 1 fully saturated rings. The fraction of sp³-hybridized carbons (Fsp3) is 0.263. The molecule has 1 N–H and O–H groups in total. The standard InChI is InChI=1S/C19H20FN3O2/c20-17-8-6-15(7-9-17)14-21-22-19(24)18(16-4-2-1-3-5-16)23-10-12-25-13-11-23/h1-9,14,18H,10-13H2,(H,22,24)/b21-14-. The van der Waals surface area contributed by atoms with Gasteiger partial charge >= 0.3 is 0 Å². The number of rotatable bonds is 5. The normalized spacial score (nSPS) is 16.7. The van der Waals surface area contributed by atoms with Gasteiger partial charge in [-0.15, -0.1) is 0 Å². The van der Waals surface area contributed by atoms with Crippen LogP contribution >= 0.6 is 0 Å². The topological polar surface area (TPSA) is 53.9 Å². The number of benzene rings is 2. The molecule has 0 aliphatic carbocycles. The Morgan fingerprint density at radius 2 is 1.80 bits per heavy atom. The fourth-order valence-corrected chi connectivity index (χ4v) is 2.78. The molecule has 0 spiro atoms. The summed E-state index contributed by atoms with van der Waals surface area (Å²) in [6.07, 6.45) is 1.50. The molecular weight excluding hydrogens is 321 g/mol. The summed E-state index contributed by atoms with van der Waals surface area (Å²) < 4.78 is 18.3. The minimum atomic E-state index is -0.421. The Morgan fingerprint density at radius 3 is 2.48 bits per heavy atom. The molecule has 6 heteroatoms. The summed E-state index contributed by atoms with van der Waals surface area (Å²) in [5, 5.41) is 4.01. The van der Waals surface area contributed by atoms with Crippen molar-refractivity contribution in [3.63, 3.8) is 0 Å². The van der Waals surface area contributed by atoms with Crippen molar-refractivity contribution < 1.29 is 13.9 Å². The zero-order valence-corrected chi connectivity index (χ0v) is 13.8. The maximum Gasteiger partial charge on any atom is 0.262 e. The van der Waals surface area contributed by atoms with Gasteiger partial charge in [0.25, 0.3) is 5.91 Å². The van der Waals surface area contributed by atoms with Crippen LogP contribution in [0.4, 0.5) is 4.39 Å². The lowest BCUT2D eigenvalue weighted by atomic mass is 10.0. The number of nitrogens with zero attached hydrogens (tertiary/aromatic N) is 2. The highest BCUT2D eigenvalue weighted by Gasteiger charge is 2.28. The Labute approximate surface area is 146 Å². The number of nitrogens with one attached hydrogen (secondary N) is 1. The first-order valence-corrected chi connectivity index (χ1v) is 8.19. The quantitative estimate of drug-likeness (QED) is 0.671. The molecule has 130 valence electrons. The molecule has 1 saturated heterocycles. The van der Waals surface area contributed by atoms with Crippen LogP contribution in [0.3, 0.4) is 0 Å². The summed E-state index contributed by atoms with van der Waals surface area (Å²) in [4.78, 5) is 14.8. The second-order valence-corrected chi connectivity index (χ2v) is 5.75. The summed E-state index contributed by atoms with van der Waals surface area (Å²) >= 11 is 0. The minimum Gasteiger partial charge on any atom is -0.379 e. The average molecular weight is 341 g/mol. The highest BCUT2D eigenvalue weighted by molar-refractivity contribution is 5.85. The van der Waals surface area contributed by atoms with Crippen molar-refractivity contribution in [1.29, 1.82) is 0 Å². The van der Waals surface area contributed by atoms with Gasteiger partial charge < -0.3 is 4.74 Å². The van der Waals surface area contributed by atoms with Crippen molar-refractivity contribution in [2.45, 2.75) is 6.04 Å². The number of amides is 1. The van der Waals surface area contributed by atoms with E-state index in [-0.39, 0.29) is 11.7 Å². The summed E-state index contributed by atoms with van der Waals surface area (Å²) in [5.74, 6) is -0.510. The molecule has 1 amide bonds. The molecule has 5 nitrogen and oxygen atoms in total. The second kappa shape index (κ2) is 8.50. The van der Waals surface area contributed by atoms with Crippen molar-refractivity contribution in [1.82, 2.24) is 10.3 Å². The molecule has 1 atom stereocenters. The van der Waals surface area contributed by atoms with Crippen LogP contribution < -0.4 is 5.43 Å². The van der Waals surface area contributed by atoms with Crippen LogP contribution in [0.25, 0.3) is 0 Å². The van der Waals surface area contributed by atoms with E-state index in [0.717, 1.165) is 5.56 Å². The van der Waals surface area contributed by atoms with Gasteiger partial charge in [0, 0.05) is 13.1 Å². The van der Waals surface area contributed by atoms with E-state index in [1.807, 2.05) is 30.3 Å². The zero-order valence-electron chi connectivity index (χ0n) is 13.8. The molecule has 2 aromatic rings. The van der Waals surface area contributed by atoms with Gasteiger partial charge in [-0.2, -0.15) is 5.10 Å². The van der Waals surface area contributed by atoms with Crippen molar-refractivity contribution in [2.24, 2.45) is 5.10 Å². The first kappa shape index (κ1) is 17.3. The van der Waals surface area contributed by atoms with E-state index in [9.17, 15) is 9.18 Å². The van der Waals surface area contributed by atoms with Crippen LogP contribution in [-0.4, -0.2) is 43.3 Å². The Bertz CT molecular complexity index is 713. The number of carbonyl (C=O) groups is 1. The van der Waals surface area contributed by atoms with E-state index in [1.165, 1.54) is 18.3 Å². The van der Waals surface area contributed by atoms with E-state index in [4.69, 9.17) is 4.74 Å². The van der Waals surface area contributed by atoms with Crippen LogP contribution in [0.1, 0.15) is 17.2 Å². The summed E-state index contributed by atoms with van der Waals surface area (Å²) in [7, 11) is 0. The van der Waals surface area contributed by atoms with E-state index in [0.29, 0.717) is 31.9 Å². The summed E-state index contributed by atoms with van der Waals surface area (Å²) in [6.45, 7) is 2.59. The molecule has 0 aromatic heterocycles. The molecular formula is C19H20FN3O2. The third-order valence-electron chi connectivity index (χ3n) is 4.03. The molecule has 1 unspecified atom stereocenters. The minimum absolute atomic E-state index is 0.202. The van der Waals surface area contributed by atoms with E-state index in [2.05, 4.69) is 15.4 Å². The van der Waals surface area contributed by atoms with Crippen LogP contribution in [0.5, 0.6) is 0 Å². The van der Waals surface area contributed by atoms with Crippen molar-refractivity contribution in [2.75, 3.05) is 26.3 Å². The molecule has 0 saturated carbocycles. The smallest absolute Gasteiger partial charge is 0.262 e. The molecule has 0 bridgehead atoms. The largest absolute Gasteiger partial charge is 0.379 e. The number of hydrogen-bond acceptors (Lipinski definition) is 4. The SMILES string of the molecule is O=C(N/N=C\c1ccc(F)cc1)C(c1ccccc1)N1CCOCC1. The molecule has 3 rings (SSSR count). The van der Waals surface area contributed by atoms with Gasteiger partial charge in [0.2, 0.25) is 0 Å². The van der Waals surface area contributed by atoms with Crippen molar-refractivity contribution >= 4 is 12.1 Å². The first-order valence-electron chi connectivity index (χ1n) is 8.19. The Kier molecular flexibility index (Phi) is 5.87. The molecule has 0 radical (unpaired) electrons. The molecule has 2 aromatic carbocycles. The summed E-state index contributed by atoms with van der Waals surface area (Å²) in [6, 6.07) is 15.1. The number of morpholine rings is 1. The van der Waals surface area contributed by atoms with Crippen molar-refractivity contribution in [3.05, 3.63) is 71.5 Å². The first-order chi connectivity index (χ1) is 12.2. The lowest BCUT2D eigenvalue weighted by Crippen LogP contribution is -2.44. The highest BCUT2D eigenvalue weighted by atomic mass is 19.1. The molecule has 1 aliphatic rings. The van der Waals surface area contributed by atoms with Gasteiger partial charge in [-0.25, -0.2) is 9.82 Å². The number of halogens is 1. The van der Waals surface area contributed by atoms with E-state index >= 15 is 0 Å². The van der Waals surface area contributed by atoms with Gasteiger partial charge in [0.15, 0.2) is 0 Å². The zero-order chi connectivity index (χ0) is 17.5. The molecule has 1 aliphatic heterocycles. The molecule has 25 heavy (non-hydrogen) atoms. The van der Waals surface area contributed by atoms with Gasteiger partial charge in [-0.1, -0.05) is 42.5 Å². The van der Waals surface area contributed by atoms with Gasteiger partial charge in [-0.05, 0) is 23.3 Å². The van der Waals surface area contributed by atoms with Crippen LogP contribution in [-0.2, 0) is 9.53 Å². The van der Waals surface area contributed by atoms with Crippen LogP contribution in [0.15, 0.2) is 59.7 Å². The highest BCUT2D eigenvalue weighted by Crippen LogP contribution is 2.22. The number of hydrogen-bond donors (Lipinski definition) is 1. The number of carbonyl (C=O) groups excluding carboxylic acids is 1. The lowest BCUT2D eigenvalue weighted by Gasteiger charge is -2.33. The lowest BCUT2D eigenvalue weighted by molar-refractivity contribution is -0.128. The Hall–Kier alpha value is -2.57. The number of ether oxygens (including phenoxy) is 1. The third-order valence-corrected chi connectivity index (χ3v) is 4.03. The maximum atomic E-state index is 12.9. The Morgan fingerprint density at radius 1 is 1.12 bits per heavy atom. The monoisotopic (exact) mass is 341 g/mol. The predicted molar refractivity (Wildman–Crippen MR) is 93.7 cm³/mol. The van der Waals surface area contributed by atoms with Gasteiger partial charge in [0.1, 0.15) is 11.9 Å². The average Bonchev–Trinajstić information content (AvgIpc) is 2.65. The second-order valence-electron chi connectivity index (χ2n) is 5.75. The van der Waals surface area contributed by atoms with Crippen molar-refractivity contribution in [3.8, 4) is 0 Å².